The molecule has 1 heterocycles. The second-order valence-corrected chi connectivity index (χ2v) is 6.07. The van der Waals surface area contributed by atoms with Crippen LogP contribution >= 0.6 is 11.6 Å². The topological polar surface area (TPSA) is 122 Å². The standard InChI is InChI=1S/C11H10ClN3O5S/c1-15-10(8(12)5-13-15)21(19,20)14-6-2-3-9(16)7(4-6)11(17)18/h2-5,14,16H,1H3,(H,17,18). The van der Waals surface area contributed by atoms with Gasteiger partial charge in [-0.3, -0.25) is 9.40 Å². The smallest absolute Gasteiger partial charge is 0.339 e. The normalized spacial score (nSPS) is 11.3. The molecule has 10 heteroatoms. The molecule has 0 aliphatic rings. The lowest BCUT2D eigenvalue weighted by atomic mass is 10.2. The molecule has 0 aliphatic carbocycles. The monoisotopic (exact) mass is 331 g/mol. The lowest BCUT2D eigenvalue weighted by molar-refractivity contribution is 0.0694. The number of aryl methyl sites for hydroxylation is 1. The molecule has 0 unspecified atom stereocenters. The predicted molar refractivity (Wildman–Crippen MR) is 74.1 cm³/mol. The Morgan fingerprint density at radius 1 is 1.43 bits per heavy atom. The Hall–Kier alpha value is -2.26. The SMILES string of the molecule is Cn1ncc(Cl)c1S(=O)(=O)Nc1ccc(O)c(C(=O)O)c1. The quantitative estimate of drug-likeness (QED) is 0.725. The van der Waals surface area contributed by atoms with Crippen LogP contribution in [0.25, 0.3) is 0 Å². The van der Waals surface area contributed by atoms with Gasteiger partial charge in [0.2, 0.25) is 0 Å². The molecular formula is C11H10ClN3O5S. The van der Waals surface area contributed by atoms with Crippen molar-refractivity contribution in [3.8, 4) is 5.75 Å². The van der Waals surface area contributed by atoms with Crippen LogP contribution in [0.2, 0.25) is 5.02 Å². The van der Waals surface area contributed by atoms with Gasteiger partial charge in [-0.05, 0) is 18.2 Å². The third-order valence-corrected chi connectivity index (χ3v) is 4.46. The molecule has 0 amide bonds. The molecular weight excluding hydrogens is 322 g/mol. The van der Waals surface area contributed by atoms with Crippen molar-refractivity contribution in [3.63, 3.8) is 0 Å². The molecule has 1 aromatic carbocycles. The lowest BCUT2D eigenvalue weighted by Gasteiger charge is -2.10. The maximum Gasteiger partial charge on any atom is 0.339 e. The van der Waals surface area contributed by atoms with E-state index in [1.54, 1.807) is 0 Å². The zero-order valence-corrected chi connectivity index (χ0v) is 12.2. The zero-order chi connectivity index (χ0) is 15.8. The Balaban J connectivity index is 2.42. The minimum atomic E-state index is -4.04. The highest BCUT2D eigenvalue weighted by Crippen LogP contribution is 2.26. The fraction of sp³-hybridized carbons (Fsp3) is 0.0909. The van der Waals surface area contributed by atoms with E-state index in [-0.39, 0.29) is 15.7 Å². The molecule has 1 aromatic heterocycles. The van der Waals surface area contributed by atoms with Gasteiger partial charge in [-0.25, -0.2) is 4.79 Å². The lowest BCUT2D eigenvalue weighted by Crippen LogP contribution is -2.17. The third-order valence-electron chi connectivity index (χ3n) is 2.58. The molecule has 2 aromatic rings. The molecule has 21 heavy (non-hydrogen) atoms. The van der Waals surface area contributed by atoms with Crippen LogP contribution in [-0.4, -0.2) is 34.4 Å². The van der Waals surface area contributed by atoms with Gasteiger partial charge in [-0.2, -0.15) is 13.5 Å². The second-order valence-electron chi connectivity index (χ2n) is 4.06. The number of carboxylic acid groups (broad SMARTS) is 1. The van der Waals surface area contributed by atoms with Crippen LogP contribution in [0, 0.1) is 0 Å². The van der Waals surface area contributed by atoms with Gasteiger partial charge in [0.25, 0.3) is 10.0 Å². The summed E-state index contributed by atoms with van der Waals surface area (Å²) in [6.07, 6.45) is 1.18. The summed E-state index contributed by atoms with van der Waals surface area (Å²) in [5.41, 5.74) is -0.450. The Morgan fingerprint density at radius 3 is 2.62 bits per heavy atom. The number of aromatic carboxylic acids is 1. The summed E-state index contributed by atoms with van der Waals surface area (Å²) in [5, 5.41) is 21.7. The average Bonchev–Trinajstić information content (AvgIpc) is 2.71. The summed E-state index contributed by atoms with van der Waals surface area (Å²) in [4.78, 5) is 10.9. The van der Waals surface area contributed by atoms with Crippen molar-refractivity contribution in [2.45, 2.75) is 5.03 Å². The number of rotatable bonds is 4. The molecule has 0 saturated carbocycles. The van der Waals surface area contributed by atoms with E-state index in [4.69, 9.17) is 16.7 Å². The van der Waals surface area contributed by atoms with Crippen LogP contribution in [0.1, 0.15) is 10.4 Å². The first-order valence-corrected chi connectivity index (χ1v) is 7.35. The van der Waals surface area contributed by atoms with Crippen LogP contribution in [0.4, 0.5) is 5.69 Å². The van der Waals surface area contributed by atoms with E-state index in [0.717, 1.165) is 16.8 Å². The Kier molecular flexibility index (Phi) is 3.79. The third kappa shape index (κ3) is 2.93. The van der Waals surface area contributed by atoms with Crippen LogP contribution in [0.5, 0.6) is 5.75 Å². The van der Waals surface area contributed by atoms with Crippen LogP contribution in [0.3, 0.4) is 0 Å². The average molecular weight is 332 g/mol. The number of carbonyl (C=O) groups is 1. The molecule has 8 nitrogen and oxygen atoms in total. The molecule has 0 radical (unpaired) electrons. The van der Waals surface area contributed by atoms with Gasteiger partial charge in [0, 0.05) is 12.7 Å². The number of aromatic hydroxyl groups is 1. The Labute approximate surface area is 124 Å². The summed E-state index contributed by atoms with van der Waals surface area (Å²) in [5.74, 6) is -1.85. The van der Waals surface area contributed by atoms with Crippen molar-refractivity contribution in [1.29, 1.82) is 0 Å². The van der Waals surface area contributed by atoms with Gasteiger partial charge in [-0.15, -0.1) is 0 Å². The van der Waals surface area contributed by atoms with Crippen molar-refractivity contribution < 1.29 is 23.4 Å². The van der Waals surface area contributed by atoms with Crippen molar-refractivity contribution in [2.75, 3.05) is 4.72 Å². The summed E-state index contributed by atoms with van der Waals surface area (Å²) in [6.45, 7) is 0. The highest BCUT2D eigenvalue weighted by Gasteiger charge is 2.23. The second kappa shape index (κ2) is 5.26. The summed E-state index contributed by atoms with van der Waals surface area (Å²) in [7, 11) is -2.64. The van der Waals surface area contributed by atoms with Crippen molar-refractivity contribution in [3.05, 3.63) is 35.0 Å². The first-order chi connectivity index (χ1) is 9.72. The number of phenols is 1. The number of anilines is 1. The number of nitrogens with one attached hydrogen (secondary N) is 1. The minimum absolute atomic E-state index is 0.0255. The van der Waals surface area contributed by atoms with Gasteiger partial charge < -0.3 is 10.2 Å². The molecule has 0 saturated heterocycles. The largest absolute Gasteiger partial charge is 0.507 e. The number of carboxylic acids is 1. The number of aromatic nitrogens is 2. The number of hydrogen-bond donors (Lipinski definition) is 3. The van der Waals surface area contributed by atoms with Crippen LogP contribution in [0.15, 0.2) is 29.4 Å². The zero-order valence-electron chi connectivity index (χ0n) is 10.6. The van der Waals surface area contributed by atoms with Gasteiger partial charge >= 0.3 is 5.97 Å². The number of benzene rings is 1. The maximum atomic E-state index is 12.2. The molecule has 0 spiro atoms. The minimum Gasteiger partial charge on any atom is -0.507 e. The first-order valence-electron chi connectivity index (χ1n) is 5.49. The Morgan fingerprint density at radius 2 is 2.10 bits per heavy atom. The van der Waals surface area contributed by atoms with E-state index in [1.807, 2.05) is 0 Å². The summed E-state index contributed by atoms with van der Waals surface area (Å²) >= 11 is 5.77. The summed E-state index contributed by atoms with van der Waals surface area (Å²) in [6, 6.07) is 3.30. The van der Waals surface area contributed by atoms with Crippen LogP contribution in [-0.2, 0) is 17.1 Å². The number of halogens is 1. The van der Waals surface area contributed by atoms with E-state index in [1.165, 1.54) is 19.3 Å². The van der Waals surface area contributed by atoms with Gasteiger partial charge in [-0.1, -0.05) is 11.6 Å². The molecule has 0 bridgehead atoms. The summed E-state index contributed by atoms with van der Waals surface area (Å²) < 4.78 is 27.7. The molecule has 112 valence electrons. The first kappa shape index (κ1) is 15.1. The molecule has 0 atom stereocenters. The fourth-order valence-corrected chi connectivity index (χ4v) is 3.39. The molecule has 0 aliphatic heterocycles. The van der Waals surface area contributed by atoms with Gasteiger partial charge in [0.15, 0.2) is 5.03 Å². The van der Waals surface area contributed by atoms with Crippen LogP contribution < -0.4 is 4.72 Å². The van der Waals surface area contributed by atoms with Gasteiger partial charge in [0.1, 0.15) is 11.3 Å². The van der Waals surface area contributed by atoms with Crippen molar-refractivity contribution in [2.24, 2.45) is 7.05 Å². The van der Waals surface area contributed by atoms with E-state index in [9.17, 15) is 18.3 Å². The highest BCUT2D eigenvalue weighted by atomic mass is 35.5. The molecule has 2 rings (SSSR count). The highest BCUT2D eigenvalue weighted by molar-refractivity contribution is 7.92. The van der Waals surface area contributed by atoms with Gasteiger partial charge in [0.05, 0.1) is 11.2 Å². The fourth-order valence-electron chi connectivity index (χ4n) is 1.68. The molecule has 3 N–H and O–H groups in total. The van der Waals surface area contributed by atoms with E-state index < -0.39 is 27.3 Å². The molecule has 0 fully saturated rings. The van der Waals surface area contributed by atoms with Crippen molar-refractivity contribution in [1.82, 2.24) is 9.78 Å². The predicted octanol–water partition coefficient (Wildman–Crippen LogP) is 1.28. The number of hydrogen-bond acceptors (Lipinski definition) is 5. The maximum absolute atomic E-state index is 12.2. The van der Waals surface area contributed by atoms with E-state index >= 15 is 0 Å². The Bertz CT molecular complexity index is 796. The van der Waals surface area contributed by atoms with E-state index in [0.29, 0.717) is 0 Å². The number of nitrogens with zero attached hydrogens (tertiary/aromatic N) is 2. The number of sulfonamides is 1. The van der Waals surface area contributed by atoms with Crippen molar-refractivity contribution >= 4 is 33.3 Å². The van der Waals surface area contributed by atoms with E-state index in [2.05, 4.69) is 9.82 Å².